The maximum Gasteiger partial charge on any atom is 0.244 e. The van der Waals surface area contributed by atoms with E-state index in [1.807, 2.05) is 13.8 Å². The number of thiocarbonyl (C=S) groups is 1. The lowest BCUT2D eigenvalue weighted by Gasteiger charge is -2.20. The Morgan fingerprint density at radius 2 is 2.21 bits per heavy atom. The smallest absolute Gasteiger partial charge is 0.244 e. The van der Waals surface area contributed by atoms with E-state index in [4.69, 9.17) is 18.0 Å². The largest absolute Gasteiger partial charge is 0.388 e. The van der Waals surface area contributed by atoms with Crippen molar-refractivity contribution in [2.45, 2.75) is 26.8 Å². The number of nitrogens with one attached hydrogen (secondary N) is 1. The quantitative estimate of drug-likeness (QED) is 0.773. The number of rotatable bonds is 5. The summed E-state index contributed by atoms with van der Waals surface area (Å²) in [7, 11) is 1.75. The van der Waals surface area contributed by atoms with Crippen LogP contribution in [0.3, 0.4) is 0 Å². The first-order valence-corrected chi connectivity index (χ1v) is 6.43. The molecule has 1 heterocycles. The van der Waals surface area contributed by atoms with Gasteiger partial charge in [0.05, 0.1) is 0 Å². The molecule has 1 amide bonds. The standard InChI is InChI=1S/C12H19N5OS/c1-5-17(4)11(18)8(3)15-12-14-7(2)6-9(16-12)10(13)19/h6,8H,5H2,1-4H3,(H2,13,19)(H,14,15,16). The zero-order valence-corrected chi connectivity index (χ0v) is 12.4. The van der Waals surface area contributed by atoms with Crippen LogP contribution in [0.25, 0.3) is 0 Å². The number of amides is 1. The van der Waals surface area contributed by atoms with Crippen molar-refractivity contribution in [3.8, 4) is 0 Å². The van der Waals surface area contributed by atoms with E-state index in [9.17, 15) is 4.79 Å². The van der Waals surface area contributed by atoms with Crippen LogP contribution in [0.4, 0.5) is 5.95 Å². The molecule has 3 N–H and O–H groups in total. The Balaban J connectivity index is 2.87. The van der Waals surface area contributed by atoms with Gasteiger partial charge < -0.3 is 16.0 Å². The van der Waals surface area contributed by atoms with Gasteiger partial charge in [0.2, 0.25) is 11.9 Å². The average molecular weight is 281 g/mol. The second-order valence-electron chi connectivity index (χ2n) is 4.30. The molecule has 0 aliphatic heterocycles. The fraction of sp³-hybridized carbons (Fsp3) is 0.500. The van der Waals surface area contributed by atoms with E-state index in [0.29, 0.717) is 18.2 Å². The summed E-state index contributed by atoms with van der Waals surface area (Å²) in [6.07, 6.45) is 0. The Morgan fingerprint density at radius 3 is 2.74 bits per heavy atom. The number of anilines is 1. The Bertz CT molecular complexity index is 491. The van der Waals surface area contributed by atoms with E-state index in [1.165, 1.54) is 0 Å². The van der Waals surface area contributed by atoms with E-state index < -0.39 is 6.04 Å². The summed E-state index contributed by atoms with van der Waals surface area (Å²) in [5.41, 5.74) is 6.78. The molecule has 1 unspecified atom stereocenters. The molecular formula is C12H19N5OS. The van der Waals surface area contributed by atoms with Crippen LogP contribution in [-0.2, 0) is 4.79 Å². The molecule has 104 valence electrons. The van der Waals surface area contributed by atoms with Crippen LogP contribution >= 0.6 is 12.2 Å². The van der Waals surface area contributed by atoms with Crippen molar-refractivity contribution in [3.05, 3.63) is 17.5 Å². The first-order chi connectivity index (χ1) is 8.85. The highest BCUT2D eigenvalue weighted by Gasteiger charge is 2.17. The van der Waals surface area contributed by atoms with Gasteiger partial charge >= 0.3 is 0 Å². The molecule has 0 aliphatic rings. The van der Waals surface area contributed by atoms with Crippen LogP contribution in [0.2, 0.25) is 0 Å². The number of aryl methyl sites for hydroxylation is 1. The van der Waals surface area contributed by atoms with Crippen molar-refractivity contribution in [3.63, 3.8) is 0 Å². The highest BCUT2D eigenvalue weighted by Crippen LogP contribution is 2.07. The molecule has 0 bridgehead atoms. The SMILES string of the molecule is CCN(C)C(=O)C(C)Nc1nc(C)cc(C(N)=S)n1. The Kier molecular flexibility index (Phi) is 5.17. The molecule has 1 atom stereocenters. The number of nitrogens with two attached hydrogens (primary N) is 1. The second-order valence-corrected chi connectivity index (χ2v) is 4.74. The predicted octanol–water partition coefficient (Wildman–Crippen LogP) is 0.698. The van der Waals surface area contributed by atoms with Gasteiger partial charge in [-0.1, -0.05) is 12.2 Å². The first kappa shape index (κ1) is 15.3. The van der Waals surface area contributed by atoms with Gasteiger partial charge in [-0.05, 0) is 26.8 Å². The lowest BCUT2D eigenvalue weighted by atomic mass is 10.3. The van der Waals surface area contributed by atoms with Gasteiger partial charge in [0.25, 0.3) is 0 Å². The van der Waals surface area contributed by atoms with Gasteiger partial charge in [-0.15, -0.1) is 0 Å². The first-order valence-electron chi connectivity index (χ1n) is 6.02. The lowest BCUT2D eigenvalue weighted by molar-refractivity contribution is -0.130. The van der Waals surface area contributed by atoms with E-state index in [0.717, 1.165) is 5.69 Å². The minimum Gasteiger partial charge on any atom is -0.388 e. The molecule has 0 aliphatic carbocycles. The van der Waals surface area contributed by atoms with Crippen LogP contribution in [0.5, 0.6) is 0 Å². The van der Waals surface area contributed by atoms with Crippen molar-refractivity contribution in [2.24, 2.45) is 5.73 Å². The van der Waals surface area contributed by atoms with Crippen LogP contribution < -0.4 is 11.1 Å². The summed E-state index contributed by atoms with van der Waals surface area (Å²) in [4.78, 5) is 22.2. The summed E-state index contributed by atoms with van der Waals surface area (Å²) in [6.45, 7) is 6.15. The third-order valence-corrected chi connectivity index (χ3v) is 2.88. The number of likely N-dealkylation sites (N-methyl/N-ethyl adjacent to an activating group) is 1. The molecule has 1 aromatic rings. The summed E-state index contributed by atoms with van der Waals surface area (Å²) < 4.78 is 0. The molecule has 0 radical (unpaired) electrons. The fourth-order valence-electron chi connectivity index (χ4n) is 1.50. The van der Waals surface area contributed by atoms with E-state index in [-0.39, 0.29) is 10.9 Å². The van der Waals surface area contributed by atoms with E-state index in [1.54, 1.807) is 24.9 Å². The zero-order valence-electron chi connectivity index (χ0n) is 11.6. The van der Waals surface area contributed by atoms with Crippen LogP contribution in [-0.4, -0.2) is 45.4 Å². The highest BCUT2D eigenvalue weighted by atomic mass is 32.1. The van der Waals surface area contributed by atoms with Gasteiger partial charge in [-0.2, -0.15) is 0 Å². The van der Waals surface area contributed by atoms with Crippen molar-refractivity contribution in [1.82, 2.24) is 14.9 Å². The van der Waals surface area contributed by atoms with Crippen LogP contribution in [0.1, 0.15) is 25.2 Å². The van der Waals surface area contributed by atoms with Gasteiger partial charge in [-0.3, -0.25) is 4.79 Å². The third kappa shape index (κ3) is 4.13. The molecule has 0 spiro atoms. The molecule has 7 heteroatoms. The number of nitrogens with zero attached hydrogens (tertiary/aromatic N) is 3. The van der Waals surface area contributed by atoms with Gasteiger partial charge in [-0.25, -0.2) is 9.97 Å². The minimum atomic E-state index is -0.411. The van der Waals surface area contributed by atoms with Crippen molar-refractivity contribution >= 4 is 29.1 Å². The Labute approximate surface area is 118 Å². The lowest BCUT2D eigenvalue weighted by Crippen LogP contribution is -2.39. The molecule has 0 fully saturated rings. The number of carbonyl (C=O) groups is 1. The van der Waals surface area contributed by atoms with Crippen molar-refractivity contribution in [1.29, 1.82) is 0 Å². The summed E-state index contributed by atoms with van der Waals surface area (Å²) in [5, 5.41) is 2.96. The summed E-state index contributed by atoms with van der Waals surface area (Å²) >= 11 is 4.89. The second kappa shape index (κ2) is 6.42. The zero-order chi connectivity index (χ0) is 14.6. The number of hydrogen-bond acceptors (Lipinski definition) is 5. The predicted molar refractivity (Wildman–Crippen MR) is 79.1 cm³/mol. The summed E-state index contributed by atoms with van der Waals surface area (Å²) in [5.74, 6) is 0.331. The number of carbonyl (C=O) groups excluding carboxylic acids is 1. The summed E-state index contributed by atoms with van der Waals surface area (Å²) in [6, 6.07) is 1.30. The molecular weight excluding hydrogens is 262 g/mol. The molecule has 6 nitrogen and oxygen atoms in total. The minimum absolute atomic E-state index is 0.0236. The van der Waals surface area contributed by atoms with Crippen LogP contribution in [0, 0.1) is 6.92 Å². The Morgan fingerprint density at radius 1 is 1.58 bits per heavy atom. The highest BCUT2D eigenvalue weighted by molar-refractivity contribution is 7.80. The number of aromatic nitrogens is 2. The molecule has 0 saturated heterocycles. The molecule has 1 aromatic heterocycles. The van der Waals surface area contributed by atoms with Gasteiger partial charge in [0, 0.05) is 19.3 Å². The van der Waals surface area contributed by atoms with Gasteiger partial charge in [0.1, 0.15) is 16.7 Å². The number of hydrogen-bond donors (Lipinski definition) is 2. The average Bonchev–Trinajstić information content (AvgIpc) is 2.35. The van der Waals surface area contributed by atoms with E-state index >= 15 is 0 Å². The third-order valence-electron chi connectivity index (χ3n) is 2.67. The topological polar surface area (TPSA) is 84.1 Å². The molecule has 1 rings (SSSR count). The monoisotopic (exact) mass is 281 g/mol. The molecule has 0 aromatic carbocycles. The van der Waals surface area contributed by atoms with Crippen LogP contribution in [0.15, 0.2) is 6.07 Å². The van der Waals surface area contributed by atoms with Crippen molar-refractivity contribution < 1.29 is 4.79 Å². The maximum absolute atomic E-state index is 11.9. The molecule has 19 heavy (non-hydrogen) atoms. The van der Waals surface area contributed by atoms with Gasteiger partial charge in [0.15, 0.2) is 0 Å². The Hall–Kier alpha value is -1.76. The molecule has 0 saturated carbocycles. The van der Waals surface area contributed by atoms with Crippen molar-refractivity contribution in [2.75, 3.05) is 18.9 Å². The maximum atomic E-state index is 11.9. The fourth-order valence-corrected chi connectivity index (χ4v) is 1.61. The normalized spacial score (nSPS) is 11.8. The van der Waals surface area contributed by atoms with E-state index in [2.05, 4.69) is 15.3 Å².